The van der Waals surface area contributed by atoms with E-state index in [1.54, 1.807) is 0 Å². The van der Waals surface area contributed by atoms with Crippen LogP contribution in [0.15, 0.2) is 0 Å². The van der Waals surface area contributed by atoms with Crippen LogP contribution in [0.3, 0.4) is 0 Å². The maximum Gasteiger partial charge on any atom is 0.0507 e. The summed E-state index contributed by atoms with van der Waals surface area (Å²) in [5.41, 5.74) is 5.88. The van der Waals surface area contributed by atoms with E-state index in [1.807, 2.05) is 0 Å². The van der Waals surface area contributed by atoms with Gasteiger partial charge in [-0.1, -0.05) is 0 Å². The zero-order valence-electron chi connectivity index (χ0n) is 10.2. The summed E-state index contributed by atoms with van der Waals surface area (Å²) in [6, 6.07) is 0.444. The van der Waals surface area contributed by atoms with Crippen LogP contribution in [-0.4, -0.2) is 56.9 Å². The number of nitrogens with zero attached hydrogens (tertiary/aromatic N) is 1. The lowest BCUT2D eigenvalue weighted by atomic mass is 10.1. The highest BCUT2D eigenvalue weighted by Crippen LogP contribution is 2.10. The minimum absolute atomic E-state index is 0.444. The number of hydrogen-bond donors (Lipinski definition) is 2. The minimum Gasteiger partial charge on any atom is -0.381 e. The molecule has 0 aromatic carbocycles. The van der Waals surface area contributed by atoms with Gasteiger partial charge in [-0.15, -0.1) is 0 Å². The minimum atomic E-state index is 0.444. The Labute approximate surface area is 98.5 Å². The molecule has 2 fully saturated rings. The summed E-state index contributed by atoms with van der Waals surface area (Å²) in [5.74, 6) is 0.745. The van der Waals surface area contributed by atoms with Gasteiger partial charge in [0.1, 0.15) is 0 Å². The summed E-state index contributed by atoms with van der Waals surface area (Å²) in [6.45, 7) is 7.64. The number of piperidine rings is 1. The fourth-order valence-electron chi connectivity index (χ4n) is 2.46. The summed E-state index contributed by atoms with van der Waals surface area (Å²) < 4.78 is 5.35. The molecule has 0 aromatic rings. The molecule has 0 radical (unpaired) electrons. The van der Waals surface area contributed by atoms with Gasteiger partial charge in [-0.05, 0) is 38.3 Å². The lowest BCUT2D eigenvalue weighted by Gasteiger charge is -2.30. The normalized spacial score (nSPS) is 28.7. The molecule has 2 rings (SSSR count). The smallest absolute Gasteiger partial charge is 0.0507 e. The summed E-state index contributed by atoms with van der Waals surface area (Å²) in [4.78, 5) is 2.52. The maximum atomic E-state index is 5.88. The molecule has 4 heteroatoms. The first-order valence-electron chi connectivity index (χ1n) is 6.61. The number of hydrogen-bond acceptors (Lipinski definition) is 4. The third kappa shape index (κ3) is 4.01. The van der Waals surface area contributed by atoms with Crippen molar-refractivity contribution in [1.82, 2.24) is 10.2 Å². The molecule has 0 amide bonds. The van der Waals surface area contributed by atoms with Crippen molar-refractivity contribution in [3.63, 3.8) is 0 Å². The van der Waals surface area contributed by atoms with Crippen LogP contribution in [0.4, 0.5) is 0 Å². The molecular weight excluding hydrogens is 202 g/mol. The van der Waals surface area contributed by atoms with E-state index in [2.05, 4.69) is 10.2 Å². The fourth-order valence-corrected chi connectivity index (χ4v) is 2.46. The van der Waals surface area contributed by atoms with Crippen LogP contribution in [-0.2, 0) is 4.74 Å². The highest BCUT2D eigenvalue weighted by molar-refractivity contribution is 4.74. The van der Waals surface area contributed by atoms with Crippen LogP contribution >= 0.6 is 0 Å². The first kappa shape index (κ1) is 12.3. The second-order valence-electron chi connectivity index (χ2n) is 5.11. The van der Waals surface area contributed by atoms with Crippen molar-refractivity contribution >= 4 is 0 Å². The van der Waals surface area contributed by atoms with Gasteiger partial charge >= 0.3 is 0 Å². The maximum absolute atomic E-state index is 5.88. The van der Waals surface area contributed by atoms with Crippen molar-refractivity contribution < 1.29 is 4.74 Å². The van der Waals surface area contributed by atoms with E-state index < -0.39 is 0 Å². The van der Waals surface area contributed by atoms with Crippen LogP contribution in [0.5, 0.6) is 0 Å². The summed E-state index contributed by atoms with van der Waals surface area (Å²) in [5, 5.41) is 3.53. The molecule has 2 heterocycles. The number of rotatable bonds is 5. The molecule has 4 nitrogen and oxygen atoms in total. The Bertz CT molecular complexity index is 187. The predicted octanol–water partition coefficient (Wildman–Crippen LogP) is 0.0356. The van der Waals surface area contributed by atoms with E-state index in [9.17, 15) is 0 Å². The molecule has 3 N–H and O–H groups in total. The SMILES string of the molecule is NC1CCN(CCNCC2CCOC2)CC1. The van der Waals surface area contributed by atoms with E-state index in [0.29, 0.717) is 6.04 Å². The van der Waals surface area contributed by atoms with E-state index >= 15 is 0 Å². The number of likely N-dealkylation sites (tertiary alicyclic amines) is 1. The van der Waals surface area contributed by atoms with Gasteiger partial charge in [-0.2, -0.15) is 0 Å². The van der Waals surface area contributed by atoms with E-state index in [-0.39, 0.29) is 0 Å². The van der Waals surface area contributed by atoms with Gasteiger partial charge in [0.25, 0.3) is 0 Å². The summed E-state index contributed by atoms with van der Waals surface area (Å²) in [7, 11) is 0. The molecule has 0 aliphatic carbocycles. The van der Waals surface area contributed by atoms with Crippen LogP contribution in [0, 0.1) is 5.92 Å². The van der Waals surface area contributed by atoms with Crippen molar-refractivity contribution in [2.24, 2.45) is 11.7 Å². The molecule has 2 saturated heterocycles. The van der Waals surface area contributed by atoms with Gasteiger partial charge < -0.3 is 20.7 Å². The van der Waals surface area contributed by atoms with Crippen LogP contribution in [0.1, 0.15) is 19.3 Å². The number of ether oxygens (including phenoxy) is 1. The van der Waals surface area contributed by atoms with Crippen LogP contribution in [0.25, 0.3) is 0 Å². The Balaban J connectivity index is 1.48. The van der Waals surface area contributed by atoms with Crippen molar-refractivity contribution in [1.29, 1.82) is 0 Å². The molecule has 16 heavy (non-hydrogen) atoms. The molecule has 0 spiro atoms. The van der Waals surface area contributed by atoms with Crippen molar-refractivity contribution in [2.45, 2.75) is 25.3 Å². The molecule has 0 bridgehead atoms. The lowest BCUT2D eigenvalue weighted by Crippen LogP contribution is -2.42. The Morgan fingerprint density at radius 3 is 2.75 bits per heavy atom. The Kier molecular flexibility index (Phi) is 5.03. The summed E-state index contributed by atoms with van der Waals surface area (Å²) in [6.07, 6.45) is 3.55. The van der Waals surface area contributed by atoms with Crippen molar-refractivity contribution in [3.05, 3.63) is 0 Å². The monoisotopic (exact) mass is 227 g/mol. The molecule has 1 unspecified atom stereocenters. The molecule has 94 valence electrons. The Morgan fingerprint density at radius 2 is 2.06 bits per heavy atom. The van der Waals surface area contributed by atoms with Crippen LogP contribution < -0.4 is 11.1 Å². The van der Waals surface area contributed by atoms with Gasteiger partial charge in [0.05, 0.1) is 6.61 Å². The standard InChI is InChI=1S/C12H25N3O/c13-12-1-5-15(6-2-12)7-4-14-9-11-3-8-16-10-11/h11-12,14H,1-10,13H2. The number of nitrogens with one attached hydrogen (secondary N) is 1. The fraction of sp³-hybridized carbons (Fsp3) is 1.00. The molecular formula is C12H25N3O. The van der Waals surface area contributed by atoms with E-state index in [1.165, 1.54) is 26.1 Å². The number of nitrogens with two attached hydrogens (primary N) is 1. The zero-order chi connectivity index (χ0) is 11.2. The largest absolute Gasteiger partial charge is 0.381 e. The van der Waals surface area contributed by atoms with Crippen molar-refractivity contribution in [3.8, 4) is 0 Å². The topological polar surface area (TPSA) is 50.5 Å². The Hall–Kier alpha value is -0.160. The summed E-state index contributed by atoms with van der Waals surface area (Å²) >= 11 is 0. The quantitative estimate of drug-likeness (QED) is 0.651. The van der Waals surface area contributed by atoms with Gasteiger partial charge in [0, 0.05) is 32.3 Å². The van der Waals surface area contributed by atoms with Crippen LogP contribution in [0.2, 0.25) is 0 Å². The van der Waals surface area contributed by atoms with Gasteiger partial charge in [-0.25, -0.2) is 0 Å². The second-order valence-corrected chi connectivity index (χ2v) is 5.11. The zero-order valence-corrected chi connectivity index (χ0v) is 10.2. The average Bonchev–Trinajstić information content (AvgIpc) is 2.80. The third-order valence-corrected chi connectivity index (χ3v) is 3.69. The Morgan fingerprint density at radius 1 is 1.25 bits per heavy atom. The first-order valence-corrected chi connectivity index (χ1v) is 6.61. The molecule has 1 atom stereocenters. The average molecular weight is 227 g/mol. The molecule has 2 aliphatic heterocycles. The predicted molar refractivity (Wildman–Crippen MR) is 65.4 cm³/mol. The van der Waals surface area contributed by atoms with Crippen molar-refractivity contribution in [2.75, 3.05) is 45.9 Å². The van der Waals surface area contributed by atoms with Gasteiger partial charge in [-0.3, -0.25) is 0 Å². The molecule has 0 aromatic heterocycles. The lowest BCUT2D eigenvalue weighted by molar-refractivity contribution is 0.183. The van der Waals surface area contributed by atoms with Gasteiger partial charge in [0.15, 0.2) is 0 Å². The highest BCUT2D eigenvalue weighted by atomic mass is 16.5. The molecule has 0 saturated carbocycles. The van der Waals surface area contributed by atoms with Gasteiger partial charge in [0.2, 0.25) is 0 Å². The van der Waals surface area contributed by atoms with E-state index in [0.717, 1.165) is 45.1 Å². The third-order valence-electron chi connectivity index (χ3n) is 3.69. The van der Waals surface area contributed by atoms with E-state index in [4.69, 9.17) is 10.5 Å². The second kappa shape index (κ2) is 6.55. The first-order chi connectivity index (χ1) is 7.84. The molecule has 2 aliphatic rings. The highest BCUT2D eigenvalue weighted by Gasteiger charge is 2.16.